The topological polar surface area (TPSA) is 82.1 Å². The second kappa shape index (κ2) is 6.21. The summed E-state index contributed by atoms with van der Waals surface area (Å²) >= 11 is 4.97. The predicted molar refractivity (Wildman–Crippen MR) is 88.9 cm³/mol. The number of H-pyrrole nitrogens is 2. The molecule has 2 heterocycles. The highest BCUT2D eigenvalue weighted by molar-refractivity contribution is 7.71. The molecule has 0 saturated heterocycles. The Hall–Kier alpha value is -2.67. The summed E-state index contributed by atoms with van der Waals surface area (Å²) in [5.74, 6) is 0.585. The highest BCUT2D eigenvalue weighted by Crippen LogP contribution is 2.14. The number of benzene rings is 1. The molecule has 3 aromatic rings. The van der Waals surface area contributed by atoms with Crippen LogP contribution in [-0.2, 0) is 6.54 Å². The second-order valence-corrected chi connectivity index (χ2v) is 5.48. The first kappa shape index (κ1) is 15.2. The number of fused-ring (bicyclic) bond motifs is 1. The van der Waals surface area contributed by atoms with Crippen LogP contribution in [-0.4, -0.2) is 27.3 Å². The van der Waals surface area contributed by atoms with E-state index in [0.29, 0.717) is 29.6 Å². The van der Waals surface area contributed by atoms with Gasteiger partial charge in [0, 0.05) is 12.1 Å². The molecule has 0 atom stereocenters. The Bertz CT molecular complexity index is 957. The summed E-state index contributed by atoms with van der Waals surface area (Å²) in [6.45, 7) is 2.84. The molecular weight excluding hydrogens is 314 g/mol. The maximum absolute atomic E-state index is 12.7. The molecule has 0 aliphatic rings. The van der Waals surface area contributed by atoms with Gasteiger partial charge in [-0.15, -0.1) is 0 Å². The van der Waals surface area contributed by atoms with Crippen molar-refractivity contribution in [3.05, 3.63) is 63.0 Å². The standard InChI is InChI=1S/C16H15N3O3S/c1-2-19(9-11-4-3-7-22-11)15(21)10-5-6-12-13(8-10)17-16(23)18-14(12)20/h3-8H,2,9H2,1H3,(H2,17,18,20,23). The zero-order valence-corrected chi connectivity index (χ0v) is 13.3. The van der Waals surface area contributed by atoms with E-state index in [2.05, 4.69) is 9.97 Å². The number of amides is 1. The maximum atomic E-state index is 12.7. The molecule has 0 unspecified atom stereocenters. The van der Waals surface area contributed by atoms with Crippen molar-refractivity contribution >= 4 is 29.0 Å². The van der Waals surface area contributed by atoms with Gasteiger partial charge in [-0.2, -0.15) is 0 Å². The molecule has 0 aliphatic heterocycles. The molecule has 118 valence electrons. The van der Waals surface area contributed by atoms with E-state index < -0.39 is 0 Å². The van der Waals surface area contributed by atoms with Crippen molar-refractivity contribution in [1.82, 2.24) is 14.9 Å². The van der Waals surface area contributed by atoms with Crippen LogP contribution in [0, 0.1) is 4.77 Å². The van der Waals surface area contributed by atoms with Gasteiger partial charge < -0.3 is 14.3 Å². The van der Waals surface area contributed by atoms with Gasteiger partial charge in [-0.25, -0.2) is 0 Å². The Labute approximate surface area is 136 Å². The van der Waals surface area contributed by atoms with Crippen molar-refractivity contribution < 1.29 is 9.21 Å². The molecule has 6 nitrogen and oxygen atoms in total. The maximum Gasteiger partial charge on any atom is 0.259 e. The number of hydrogen-bond donors (Lipinski definition) is 2. The Morgan fingerprint density at radius 2 is 2.13 bits per heavy atom. The number of nitrogens with one attached hydrogen (secondary N) is 2. The molecule has 0 saturated carbocycles. The zero-order chi connectivity index (χ0) is 16.4. The van der Waals surface area contributed by atoms with E-state index in [1.165, 1.54) is 0 Å². The molecule has 0 aliphatic carbocycles. The molecule has 1 aromatic carbocycles. The average molecular weight is 329 g/mol. The molecule has 1 amide bonds. The molecule has 7 heteroatoms. The van der Waals surface area contributed by atoms with E-state index in [-0.39, 0.29) is 16.2 Å². The number of hydrogen-bond acceptors (Lipinski definition) is 4. The average Bonchev–Trinajstić information content (AvgIpc) is 3.04. The minimum absolute atomic E-state index is 0.134. The summed E-state index contributed by atoms with van der Waals surface area (Å²) in [6, 6.07) is 8.52. The van der Waals surface area contributed by atoms with Crippen molar-refractivity contribution in [2.24, 2.45) is 0 Å². The lowest BCUT2D eigenvalue weighted by molar-refractivity contribution is 0.0741. The molecule has 3 rings (SSSR count). The Morgan fingerprint density at radius 1 is 1.30 bits per heavy atom. The smallest absolute Gasteiger partial charge is 0.259 e. The van der Waals surface area contributed by atoms with Crippen molar-refractivity contribution in [3.63, 3.8) is 0 Å². The largest absolute Gasteiger partial charge is 0.467 e. The third-order valence-corrected chi connectivity index (χ3v) is 3.79. The van der Waals surface area contributed by atoms with Gasteiger partial charge in [0.2, 0.25) is 0 Å². The number of carbonyl (C=O) groups excluding carboxylic acids is 1. The lowest BCUT2D eigenvalue weighted by Gasteiger charge is -2.19. The summed E-state index contributed by atoms with van der Waals surface area (Å²) in [4.78, 5) is 31.6. The first-order valence-electron chi connectivity index (χ1n) is 7.16. The summed E-state index contributed by atoms with van der Waals surface area (Å²) in [7, 11) is 0. The normalized spacial score (nSPS) is 10.8. The van der Waals surface area contributed by atoms with E-state index in [1.807, 2.05) is 13.0 Å². The van der Waals surface area contributed by atoms with Crippen molar-refractivity contribution in [1.29, 1.82) is 0 Å². The van der Waals surface area contributed by atoms with Crippen molar-refractivity contribution in [3.8, 4) is 0 Å². The summed E-state index contributed by atoms with van der Waals surface area (Å²) < 4.78 is 5.53. The van der Waals surface area contributed by atoms with E-state index in [0.717, 1.165) is 5.76 Å². The lowest BCUT2D eigenvalue weighted by atomic mass is 10.1. The minimum atomic E-state index is -0.273. The quantitative estimate of drug-likeness (QED) is 0.721. The zero-order valence-electron chi connectivity index (χ0n) is 12.5. The fourth-order valence-corrected chi connectivity index (χ4v) is 2.61. The van der Waals surface area contributed by atoms with E-state index >= 15 is 0 Å². The summed E-state index contributed by atoms with van der Waals surface area (Å²) in [5, 5.41) is 0.462. The monoisotopic (exact) mass is 329 g/mol. The molecule has 0 fully saturated rings. The first-order valence-corrected chi connectivity index (χ1v) is 7.57. The predicted octanol–water partition coefficient (Wildman–Crippen LogP) is 2.84. The van der Waals surface area contributed by atoms with Crippen LogP contribution in [0.4, 0.5) is 0 Å². The van der Waals surface area contributed by atoms with Crippen molar-refractivity contribution in [2.75, 3.05) is 6.54 Å². The van der Waals surface area contributed by atoms with E-state index in [4.69, 9.17) is 16.6 Å². The van der Waals surface area contributed by atoms with Crippen LogP contribution in [0.3, 0.4) is 0 Å². The third kappa shape index (κ3) is 3.09. The minimum Gasteiger partial charge on any atom is -0.467 e. The van der Waals surface area contributed by atoms with Crippen LogP contribution in [0.2, 0.25) is 0 Å². The van der Waals surface area contributed by atoms with Gasteiger partial charge in [0.15, 0.2) is 4.77 Å². The van der Waals surface area contributed by atoms with E-state index in [1.54, 1.807) is 35.4 Å². The van der Waals surface area contributed by atoms with Gasteiger partial charge in [0.25, 0.3) is 11.5 Å². The van der Waals surface area contributed by atoms with Gasteiger partial charge in [-0.05, 0) is 49.5 Å². The Kier molecular flexibility index (Phi) is 4.12. The number of aromatic nitrogens is 2. The highest BCUT2D eigenvalue weighted by atomic mass is 32.1. The SMILES string of the molecule is CCN(Cc1ccco1)C(=O)c1ccc2c(=O)[nH]c(=S)[nH]c2c1. The molecule has 0 radical (unpaired) electrons. The summed E-state index contributed by atoms with van der Waals surface area (Å²) in [6.07, 6.45) is 1.58. The van der Waals surface area contributed by atoms with E-state index in [9.17, 15) is 9.59 Å². The third-order valence-electron chi connectivity index (χ3n) is 3.58. The Balaban J connectivity index is 1.96. The van der Waals surface area contributed by atoms with Crippen LogP contribution >= 0.6 is 12.2 Å². The van der Waals surface area contributed by atoms with Gasteiger partial charge in [0.05, 0.1) is 23.7 Å². The highest BCUT2D eigenvalue weighted by Gasteiger charge is 2.16. The van der Waals surface area contributed by atoms with Crippen LogP contribution in [0.15, 0.2) is 45.8 Å². The first-order chi connectivity index (χ1) is 11.1. The van der Waals surface area contributed by atoms with Crippen LogP contribution < -0.4 is 5.56 Å². The molecule has 2 N–H and O–H groups in total. The van der Waals surface area contributed by atoms with Crippen LogP contribution in [0.5, 0.6) is 0 Å². The Morgan fingerprint density at radius 3 is 2.83 bits per heavy atom. The van der Waals surface area contributed by atoms with Gasteiger partial charge in [-0.1, -0.05) is 0 Å². The lowest BCUT2D eigenvalue weighted by Crippen LogP contribution is -2.30. The number of nitrogens with zero attached hydrogens (tertiary/aromatic N) is 1. The number of aromatic amines is 2. The molecule has 0 bridgehead atoms. The fourth-order valence-electron chi connectivity index (χ4n) is 2.40. The number of furan rings is 1. The molecule has 0 spiro atoms. The molecule has 2 aromatic heterocycles. The fraction of sp³-hybridized carbons (Fsp3) is 0.188. The van der Waals surface area contributed by atoms with Crippen LogP contribution in [0.1, 0.15) is 23.0 Å². The number of rotatable bonds is 4. The molecular formula is C16H15N3O3S. The van der Waals surface area contributed by atoms with Gasteiger partial charge >= 0.3 is 0 Å². The van der Waals surface area contributed by atoms with Gasteiger partial charge in [-0.3, -0.25) is 14.6 Å². The van der Waals surface area contributed by atoms with Crippen molar-refractivity contribution in [2.45, 2.75) is 13.5 Å². The van der Waals surface area contributed by atoms with Gasteiger partial charge in [0.1, 0.15) is 5.76 Å². The number of carbonyl (C=O) groups is 1. The molecule has 23 heavy (non-hydrogen) atoms. The summed E-state index contributed by atoms with van der Waals surface area (Å²) in [5.41, 5.74) is 0.756. The second-order valence-electron chi connectivity index (χ2n) is 5.07. The van der Waals surface area contributed by atoms with Crippen LogP contribution in [0.25, 0.3) is 10.9 Å².